The van der Waals surface area contributed by atoms with Crippen molar-refractivity contribution in [3.8, 4) is 0 Å². The molecule has 3 aromatic rings. The molecule has 0 atom stereocenters. The topological polar surface area (TPSA) is 47.2 Å². The summed E-state index contributed by atoms with van der Waals surface area (Å²) >= 11 is 6.26. The highest BCUT2D eigenvalue weighted by molar-refractivity contribution is 6.31. The Bertz CT molecular complexity index is 845. The van der Waals surface area contributed by atoms with Crippen LogP contribution in [0.1, 0.15) is 28.9 Å². The first-order valence-corrected chi connectivity index (χ1v) is 7.71. The number of furan rings is 1. The molecule has 0 spiro atoms. The van der Waals surface area contributed by atoms with Crippen LogP contribution in [0, 0.1) is 0 Å². The van der Waals surface area contributed by atoms with Crippen LogP contribution in [0.25, 0.3) is 11.1 Å². The van der Waals surface area contributed by atoms with Crippen LogP contribution in [-0.4, -0.2) is 16.5 Å². The molecule has 1 aliphatic carbocycles. The number of nitrogens with one attached hydrogen (secondary N) is 1. The van der Waals surface area contributed by atoms with Gasteiger partial charge in [-0.1, -0.05) is 29.8 Å². The van der Waals surface area contributed by atoms with Gasteiger partial charge in [-0.05, 0) is 24.5 Å². The first-order chi connectivity index (χ1) is 10.7. The zero-order chi connectivity index (χ0) is 15.1. The minimum atomic E-state index is -0.0547. The van der Waals surface area contributed by atoms with E-state index >= 15 is 0 Å². The van der Waals surface area contributed by atoms with Crippen molar-refractivity contribution in [3.63, 3.8) is 0 Å². The maximum atomic E-state index is 12.5. The van der Waals surface area contributed by atoms with Gasteiger partial charge in [-0.25, -0.2) is 0 Å². The van der Waals surface area contributed by atoms with Crippen molar-refractivity contribution < 1.29 is 9.21 Å². The molecule has 0 aliphatic heterocycles. The van der Waals surface area contributed by atoms with E-state index < -0.39 is 0 Å². The van der Waals surface area contributed by atoms with Crippen LogP contribution >= 0.6 is 11.6 Å². The molecule has 4 nitrogen and oxygen atoms in total. The molecule has 0 radical (unpaired) electrons. The number of carbonyl (C=O) groups excluding carboxylic acids is 1. The zero-order valence-electron chi connectivity index (χ0n) is 11.9. The molecule has 5 heteroatoms. The molecule has 1 N–H and O–H groups in total. The Balaban J connectivity index is 1.75. The number of halogens is 1. The highest BCUT2D eigenvalue weighted by Gasteiger charge is 2.26. The molecule has 0 unspecified atom stereocenters. The van der Waals surface area contributed by atoms with Gasteiger partial charge in [-0.2, -0.15) is 0 Å². The van der Waals surface area contributed by atoms with Gasteiger partial charge in [0.15, 0.2) is 5.58 Å². The number of benzene rings is 1. The van der Waals surface area contributed by atoms with Gasteiger partial charge in [-0.15, -0.1) is 0 Å². The summed E-state index contributed by atoms with van der Waals surface area (Å²) in [5.41, 5.74) is 3.21. The summed E-state index contributed by atoms with van der Waals surface area (Å²) in [7, 11) is 0. The van der Waals surface area contributed by atoms with Crippen molar-refractivity contribution in [3.05, 3.63) is 58.9 Å². The Morgan fingerprint density at radius 3 is 2.91 bits per heavy atom. The van der Waals surface area contributed by atoms with Crippen LogP contribution in [0.15, 0.2) is 47.1 Å². The van der Waals surface area contributed by atoms with Gasteiger partial charge in [0.05, 0.1) is 11.8 Å². The third-order valence-electron chi connectivity index (χ3n) is 3.95. The number of hydrogen-bond donors (Lipinski definition) is 1. The third-order valence-corrected chi connectivity index (χ3v) is 4.32. The van der Waals surface area contributed by atoms with Crippen molar-refractivity contribution in [2.24, 2.45) is 0 Å². The van der Waals surface area contributed by atoms with Gasteiger partial charge in [0.1, 0.15) is 5.69 Å². The molecular weight excluding hydrogens is 300 g/mol. The van der Waals surface area contributed by atoms with Crippen molar-refractivity contribution in [1.29, 1.82) is 0 Å². The highest BCUT2D eigenvalue weighted by Crippen LogP contribution is 2.26. The number of fused-ring (bicyclic) bond motifs is 1. The van der Waals surface area contributed by atoms with E-state index in [1.807, 2.05) is 34.9 Å². The van der Waals surface area contributed by atoms with E-state index in [1.54, 1.807) is 12.3 Å². The largest absolute Gasteiger partial charge is 0.463 e. The minimum absolute atomic E-state index is 0.0547. The number of carbonyl (C=O) groups is 1. The van der Waals surface area contributed by atoms with E-state index in [4.69, 9.17) is 16.0 Å². The summed E-state index contributed by atoms with van der Waals surface area (Å²) < 4.78 is 7.40. The van der Waals surface area contributed by atoms with Crippen LogP contribution in [0.2, 0.25) is 5.02 Å². The SMILES string of the molecule is O=C(NC1CC1)c1cc2occc2n1Cc1ccccc1Cl. The molecular formula is C17H15ClN2O2. The maximum absolute atomic E-state index is 12.5. The Hall–Kier alpha value is -2.20. The molecule has 4 rings (SSSR count). The van der Waals surface area contributed by atoms with Gasteiger partial charge < -0.3 is 14.3 Å². The molecule has 1 aliphatic rings. The van der Waals surface area contributed by atoms with E-state index in [-0.39, 0.29) is 5.91 Å². The van der Waals surface area contributed by atoms with Gasteiger partial charge in [0, 0.05) is 29.7 Å². The normalized spacial score (nSPS) is 14.4. The average Bonchev–Trinajstić information content (AvgIpc) is 3.08. The van der Waals surface area contributed by atoms with Crippen LogP contribution in [0.4, 0.5) is 0 Å². The predicted molar refractivity (Wildman–Crippen MR) is 85.2 cm³/mol. The lowest BCUT2D eigenvalue weighted by Gasteiger charge is -2.11. The Morgan fingerprint density at radius 1 is 1.32 bits per heavy atom. The molecule has 1 amide bonds. The second-order valence-electron chi connectivity index (χ2n) is 5.62. The number of hydrogen-bond acceptors (Lipinski definition) is 2. The number of nitrogens with zero attached hydrogens (tertiary/aromatic N) is 1. The lowest BCUT2D eigenvalue weighted by atomic mass is 10.2. The van der Waals surface area contributed by atoms with Gasteiger partial charge in [0.2, 0.25) is 0 Å². The molecule has 2 heterocycles. The molecule has 1 fully saturated rings. The van der Waals surface area contributed by atoms with Gasteiger partial charge in [-0.3, -0.25) is 4.79 Å². The smallest absolute Gasteiger partial charge is 0.268 e. The Kier molecular flexibility index (Phi) is 3.19. The molecule has 112 valence electrons. The standard InChI is InChI=1S/C17H15ClN2O2/c18-13-4-2-1-3-11(13)10-20-14-7-8-22-16(14)9-15(20)17(21)19-12-5-6-12/h1-4,7-9,12H,5-6,10H2,(H,19,21). The quantitative estimate of drug-likeness (QED) is 0.795. The zero-order valence-corrected chi connectivity index (χ0v) is 12.6. The lowest BCUT2D eigenvalue weighted by Crippen LogP contribution is -2.27. The molecule has 22 heavy (non-hydrogen) atoms. The summed E-state index contributed by atoms with van der Waals surface area (Å²) in [5.74, 6) is -0.0547. The van der Waals surface area contributed by atoms with E-state index in [1.165, 1.54) is 0 Å². The summed E-state index contributed by atoms with van der Waals surface area (Å²) in [6, 6.07) is 11.7. The van der Waals surface area contributed by atoms with Crippen molar-refractivity contribution in [2.45, 2.75) is 25.4 Å². The van der Waals surface area contributed by atoms with E-state index in [9.17, 15) is 4.79 Å². The second-order valence-corrected chi connectivity index (χ2v) is 6.03. The van der Waals surface area contributed by atoms with E-state index in [0.29, 0.717) is 28.9 Å². The van der Waals surface area contributed by atoms with Crippen LogP contribution < -0.4 is 5.32 Å². The predicted octanol–water partition coefficient (Wildman–Crippen LogP) is 3.83. The van der Waals surface area contributed by atoms with Gasteiger partial charge in [0.25, 0.3) is 5.91 Å². The van der Waals surface area contributed by atoms with E-state index in [2.05, 4.69) is 5.32 Å². The molecule has 2 aromatic heterocycles. The minimum Gasteiger partial charge on any atom is -0.463 e. The fraction of sp³-hybridized carbons (Fsp3) is 0.235. The maximum Gasteiger partial charge on any atom is 0.268 e. The Morgan fingerprint density at radius 2 is 2.14 bits per heavy atom. The summed E-state index contributed by atoms with van der Waals surface area (Å²) in [6.45, 7) is 0.538. The number of amides is 1. The molecule has 1 saturated carbocycles. The van der Waals surface area contributed by atoms with E-state index in [0.717, 1.165) is 23.9 Å². The fourth-order valence-corrected chi connectivity index (χ4v) is 2.82. The summed E-state index contributed by atoms with van der Waals surface area (Å²) in [4.78, 5) is 12.5. The van der Waals surface area contributed by atoms with Gasteiger partial charge >= 0.3 is 0 Å². The summed E-state index contributed by atoms with van der Waals surface area (Å²) in [5, 5.41) is 3.72. The molecule has 1 aromatic carbocycles. The number of rotatable bonds is 4. The van der Waals surface area contributed by atoms with Crippen molar-refractivity contribution in [1.82, 2.24) is 9.88 Å². The van der Waals surface area contributed by atoms with Crippen molar-refractivity contribution in [2.75, 3.05) is 0 Å². The monoisotopic (exact) mass is 314 g/mol. The van der Waals surface area contributed by atoms with Crippen molar-refractivity contribution >= 4 is 28.6 Å². The molecule has 0 saturated heterocycles. The fourth-order valence-electron chi connectivity index (χ4n) is 2.62. The van der Waals surface area contributed by atoms with Crippen LogP contribution in [0.3, 0.4) is 0 Å². The highest BCUT2D eigenvalue weighted by atomic mass is 35.5. The average molecular weight is 315 g/mol. The van der Waals surface area contributed by atoms with Crippen LogP contribution in [0.5, 0.6) is 0 Å². The second kappa shape index (κ2) is 5.21. The molecule has 0 bridgehead atoms. The summed E-state index contributed by atoms with van der Waals surface area (Å²) in [6.07, 6.45) is 3.76. The first kappa shape index (κ1) is 13.5. The third kappa shape index (κ3) is 2.40. The number of aromatic nitrogens is 1. The first-order valence-electron chi connectivity index (χ1n) is 7.33. The lowest BCUT2D eigenvalue weighted by molar-refractivity contribution is 0.0942. The Labute approximate surface area is 132 Å². The van der Waals surface area contributed by atoms with Crippen LogP contribution in [-0.2, 0) is 6.54 Å².